The Morgan fingerprint density at radius 1 is 1.10 bits per heavy atom. The molecule has 4 heterocycles. The highest BCUT2D eigenvalue weighted by atomic mass is 19.1. The van der Waals surface area contributed by atoms with Gasteiger partial charge in [-0.05, 0) is 36.6 Å². The van der Waals surface area contributed by atoms with Gasteiger partial charge in [0.25, 0.3) is 5.91 Å². The first-order valence-corrected chi connectivity index (χ1v) is 10.7. The van der Waals surface area contributed by atoms with E-state index in [9.17, 15) is 4.79 Å². The number of nitrogens with zero attached hydrogens (tertiary/aromatic N) is 5. The maximum atomic E-state index is 15.5. The third-order valence-corrected chi connectivity index (χ3v) is 6.60. The average molecular weight is 410 g/mol. The van der Waals surface area contributed by atoms with Crippen molar-refractivity contribution in [3.63, 3.8) is 0 Å². The van der Waals surface area contributed by atoms with E-state index in [-0.39, 0.29) is 18.7 Å². The van der Waals surface area contributed by atoms with E-state index < -0.39 is 5.67 Å². The number of H-pyrrole nitrogens is 1. The van der Waals surface area contributed by atoms with Crippen LogP contribution in [0.4, 0.5) is 4.39 Å². The molecular formula is C22H27FN6O. The van der Waals surface area contributed by atoms with Gasteiger partial charge in [-0.3, -0.25) is 19.5 Å². The number of likely N-dealkylation sites (tertiary alicyclic amines) is 2. The molecule has 2 aliphatic rings. The summed E-state index contributed by atoms with van der Waals surface area (Å²) in [5, 5.41) is 11.1. The summed E-state index contributed by atoms with van der Waals surface area (Å²) in [6, 6.07) is 10.5. The number of alkyl halides is 1. The number of benzene rings is 1. The van der Waals surface area contributed by atoms with Crippen LogP contribution in [0.15, 0.2) is 42.7 Å². The third-order valence-electron chi connectivity index (χ3n) is 6.60. The Labute approximate surface area is 174 Å². The molecule has 2 aliphatic heterocycles. The van der Waals surface area contributed by atoms with Crippen molar-refractivity contribution >= 4 is 16.9 Å². The molecule has 30 heavy (non-hydrogen) atoms. The minimum atomic E-state index is -1.73. The first-order chi connectivity index (χ1) is 14.6. The maximum Gasteiger partial charge on any atom is 0.260 e. The number of carbonyl (C=O) groups is 1. The zero-order valence-electron chi connectivity index (χ0n) is 17.0. The Morgan fingerprint density at radius 3 is 2.57 bits per heavy atom. The Hall–Kier alpha value is -2.74. The molecule has 1 amide bonds. The molecule has 8 heteroatoms. The van der Waals surface area contributed by atoms with E-state index in [1.165, 1.54) is 5.52 Å². The number of para-hydroxylation sites is 2. The number of aromatic amines is 1. The van der Waals surface area contributed by atoms with Gasteiger partial charge < -0.3 is 4.90 Å². The van der Waals surface area contributed by atoms with Crippen LogP contribution in [0.5, 0.6) is 0 Å². The smallest absolute Gasteiger partial charge is 0.260 e. The van der Waals surface area contributed by atoms with Crippen molar-refractivity contribution in [3.8, 4) is 0 Å². The molecule has 2 saturated heterocycles. The van der Waals surface area contributed by atoms with Gasteiger partial charge in [0.2, 0.25) is 0 Å². The second-order valence-corrected chi connectivity index (χ2v) is 8.51. The van der Waals surface area contributed by atoms with Crippen LogP contribution in [0.3, 0.4) is 0 Å². The van der Waals surface area contributed by atoms with E-state index in [2.05, 4.69) is 37.0 Å². The summed E-state index contributed by atoms with van der Waals surface area (Å²) in [5.41, 5.74) is 1.68. The standard InChI is InChI=1S/C22H27FN6O/c23-22(8-13-27(14-9-22)16-17-5-10-24-25-15-17)21(30)28-11-6-18(7-12-28)29-20-4-2-1-3-19(20)26-29/h1-5,10,15,18,26H,6-9,11-14,16H2. The molecule has 0 spiro atoms. The summed E-state index contributed by atoms with van der Waals surface area (Å²) in [5.74, 6) is -0.317. The van der Waals surface area contributed by atoms with Crippen LogP contribution < -0.4 is 0 Å². The Morgan fingerprint density at radius 2 is 1.87 bits per heavy atom. The first kappa shape index (κ1) is 19.2. The van der Waals surface area contributed by atoms with Crippen molar-refractivity contribution < 1.29 is 9.18 Å². The molecule has 0 bridgehead atoms. The van der Waals surface area contributed by atoms with Gasteiger partial charge >= 0.3 is 0 Å². The maximum absolute atomic E-state index is 15.5. The minimum Gasteiger partial charge on any atom is -0.340 e. The molecule has 0 radical (unpaired) electrons. The summed E-state index contributed by atoms with van der Waals surface area (Å²) in [6.07, 6.45) is 5.61. The molecule has 1 N–H and O–H groups in total. The van der Waals surface area contributed by atoms with E-state index in [0.29, 0.717) is 32.2 Å². The fraction of sp³-hybridized carbons (Fsp3) is 0.500. The lowest BCUT2D eigenvalue weighted by atomic mass is 9.90. The number of hydrogen-bond donors (Lipinski definition) is 1. The topological polar surface area (TPSA) is 70.1 Å². The van der Waals surface area contributed by atoms with Crippen LogP contribution in [0.1, 0.15) is 37.3 Å². The highest BCUT2D eigenvalue weighted by Gasteiger charge is 2.44. The largest absolute Gasteiger partial charge is 0.340 e. The molecular weight excluding hydrogens is 383 g/mol. The van der Waals surface area contributed by atoms with Crippen molar-refractivity contribution in [1.29, 1.82) is 0 Å². The van der Waals surface area contributed by atoms with Gasteiger partial charge in [0.15, 0.2) is 5.67 Å². The highest BCUT2D eigenvalue weighted by molar-refractivity contribution is 5.85. The lowest BCUT2D eigenvalue weighted by Crippen LogP contribution is -2.54. The number of aromatic nitrogens is 4. The van der Waals surface area contributed by atoms with Crippen LogP contribution >= 0.6 is 0 Å². The Kier molecular flexibility index (Phi) is 5.02. The van der Waals surface area contributed by atoms with Gasteiger partial charge in [-0.25, -0.2) is 4.39 Å². The predicted octanol–water partition coefficient (Wildman–Crippen LogP) is 2.93. The molecule has 3 aromatic rings. The van der Waals surface area contributed by atoms with E-state index in [1.807, 2.05) is 18.2 Å². The number of halogens is 1. The van der Waals surface area contributed by atoms with Gasteiger partial charge in [0, 0.05) is 51.8 Å². The summed E-state index contributed by atoms with van der Waals surface area (Å²) >= 11 is 0. The van der Waals surface area contributed by atoms with Crippen molar-refractivity contribution in [2.75, 3.05) is 26.2 Å². The lowest BCUT2D eigenvalue weighted by Gasteiger charge is -2.41. The summed E-state index contributed by atoms with van der Waals surface area (Å²) in [4.78, 5) is 16.9. The van der Waals surface area contributed by atoms with E-state index in [0.717, 1.165) is 30.5 Å². The molecule has 7 nitrogen and oxygen atoms in total. The normalized spacial score (nSPS) is 20.6. The van der Waals surface area contributed by atoms with Crippen molar-refractivity contribution in [2.45, 2.75) is 43.9 Å². The van der Waals surface area contributed by atoms with Crippen LogP contribution in [0.2, 0.25) is 0 Å². The van der Waals surface area contributed by atoms with Crippen LogP contribution in [0, 0.1) is 0 Å². The molecule has 0 aliphatic carbocycles. The number of rotatable bonds is 4. The quantitative estimate of drug-likeness (QED) is 0.718. The van der Waals surface area contributed by atoms with Crippen molar-refractivity contribution in [3.05, 3.63) is 48.3 Å². The average Bonchev–Trinajstić information content (AvgIpc) is 2.77. The molecule has 0 saturated carbocycles. The van der Waals surface area contributed by atoms with Gasteiger partial charge in [-0.2, -0.15) is 10.2 Å². The number of fused-ring (bicyclic) bond motifs is 1. The predicted molar refractivity (Wildman–Crippen MR) is 112 cm³/mol. The highest BCUT2D eigenvalue weighted by Crippen LogP contribution is 2.33. The minimum absolute atomic E-state index is 0.255. The van der Waals surface area contributed by atoms with Gasteiger partial charge in [-0.15, -0.1) is 0 Å². The van der Waals surface area contributed by atoms with Crippen LogP contribution in [-0.2, 0) is 11.3 Å². The van der Waals surface area contributed by atoms with Gasteiger partial charge in [0.05, 0.1) is 23.3 Å². The molecule has 0 atom stereocenters. The van der Waals surface area contributed by atoms with E-state index in [4.69, 9.17) is 0 Å². The number of nitrogens with one attached hydrogen (secondary N) is 1. The fourth-order valence-corrected chi connectivity index (χ4v) is 4.76. The monoisotopic (exact) mass is 410 g/mol. The molecule has 5 rings (SSSR count). The molecule has 1 aromatic carbocycles. The number of piperidine rings is 2. The zero-order valence-corrected chi connectivity index (χ0v) is 17.0. The van der Waals surface area contributed by atoms with Crippen molar-refractivity contribution in [1.82, 2.24) is 29.8 Å². The van der Waals surface area contributed by atoms with Gasteiger partial charge in [0.1, 0.15) is 0 Å². The number of hydrogen-bond acceptors (Lipinski definition) is 4. The summed E-state index contributed by atoms with van der Waals surface area (Å²) in [7, 11) is 0. The zero-order chi connectivity index (χ0) is 20.6. The van der Waals surface area contributed by atoms with Crippen LogP contribution in [0.25, 0.3) is 11.0 Å². The summed E-state index contributed by atoms with van der Waals surface area (Å²) < 4.78 is 17.7. The SMILES string of the molecule is O=C(N1CCC(n2[nH]c3ccccc32)CC1)C1(F)CCN(Cc2ccnnc2)CC1. The second kappa shape index (κ2) is 7.83. The van der Waals surface area contributed by atoms with Crippen molar-refractivity contribution in [2.24, 2.45) is 0 Å². The number of carbonyl (C=O) groups excluding carboxylic acids is 1. The van der Waals surface area contributed by atoms with Crippen LogP contribution in [-0.4, -0.2) is 67.5 Å². The lowest BCUT2D eigenvalue weighted by molar-refractivity contribution is -0.149. The van der Waals surface area contributed by atoms with E-state index in [1.54, 1.807) is 17.3 Å². The number of amides is 1. The Balaban J connectivity index is 1.15. The third kappa shape index (κ3) is 3.60. The van der Waals surface area contributed by atoms with E-state index >= 15 is 4.39 Å². The second-order valence-electron chi connectivity index (χ2n) is 8.51. The fourth-order valence-electron chi connectivity index (χ4n) is 4.76. The Bertz CT molecular complexity index is 999. The molecule has 158 valence electrons. The molecule has 2 fully saturated rings. The molecule has 0 unspecified atom stereocenters. The summed E-state index contributed by atoms with van der Waals surface area (Å²) in [6.45, 7) is 3.10. The van der Waals surface area contributed by atoms with Gasteiger partial charge in [-0.1, -0.05) is 12.1 Å². The first-order valence-electron chi connectivity index (χ1n) is 10.7. The molecule has 2 aromatic heterocycles.